The number of benzene rings is 1. The summed E-state index contributed by atoms with van der Waals surface area (Å²) in [6, 6.07) is 17.1. The predicted molar refractivity (Wildman–Crippen MR) is 163 cm³/mol. The van der Waals surface area contributed by atoms with Gasteiger partial charge in [0, 0.05) is 60.8 Å². The van der Waals surface area contributed by atoms with Gasteiger partial charge in [0.15, 0.2) is 5.65 Å². The first kappa shape index (κ1) is 23.6. The Balaban J connectivity index is 1.25. The highest BCUT2D eigenvalue weighted by Crippen LogP contribution is 2.38. The van der Waals surface area contributed by atoms with Gasteiger partial charge in [-0.25, -0.2) is 4.98 Å². The third-order valence-electron chi connectivity index (χ3n) is 7.61. The van der Waals surface area contributed by atoms with Gasteiger partial charge in [-0.15, -0.1) is 11.3 Å². The van der Waals surface area contributed by atoms with Gasteiger partial charge in [0.1, 0.15) is 0 Å². The molecule has 0 unspecified atom stereocenters. The monoisotopic (exact) mass is 528 g/mol. The Morgan fingerprint density at radius 2 is 1.87 bits per heavy atom. The van der Waals surface area contributed by atoms with Crippen LogP contribution in [0.15, 0.2) is 86.0 Å². The molecule has 0 saturated heterocycles. The van der Waals surface area contributed by atoms with Crippen LogP contribution in [0.4, 0.5) is 5.69 Å². The molecule has 6 nitrogen and oxygen atoms in total. The second-order valence-corrected chi connectivity index (χ2v) is 11.4. The number of rotatable bonds is 7. The minimum Gasteiger partial charge on any atom is -0.358 e. The van der Waals surface area contributed by atoms with E-state index in [0.717, 1.165) is 50.4 Å². The van der Waals surface area contributed by atoms with Gasteiger partial charge in [-0.1, -0.05) is 31.7 Å². The lowest BCUT2D eigenvalue weighted by Crippen LogP contribution is -2.18. The maximum atomic E-state index is 4.65. The molecule has 5 aromatic heterocycles. The van der Waals surface area contributed by atoms with E-state index in [4.69, 9.17) is 0 Å². The quantitative estimate of drug-likeness (QED) is 0.194. The number of hydrogen-bond donors (Lipinski definition) is 3. The Hall–Kier alpha value is -4.49. The minimum atomic E-state index is 0.560. The molecule has 0 radical (unpaired) electrons. The Morgan fingerprint density at radius 1 is 1.00 bits per heavy atom. The lowest BCUT2D eigenvalue weighted by Gasteiger charge is -2.28. The Bertz CT molecular complexity index is 1880. The fourth-order valence-electron chi connectivity index (χ4n) is 5.19. The molecule has 0 atom stereocenters. The Labute approximate surface area is 230 Å². The number of allylic oxidation sites excluding steroid dienone is 2. The lowest BCUT2D eigenvalue weighted by molar-refractivity contribution is 0.371. The molecule has 3 N–H and O–H groups in total. The van der Waals surface area contributed by atoms with E-state index in [2.05, 4.69) is 92.2 Å². The van der Waals surface area contributed by atoms with Gasteiger partial charge in [-0.05, 0) is 67.7 Å². The maximum absolute atomic E-state index is 4.65. The highest BCUT2D eigenvalue weighted by molar-refractivity contribution is 7.16. The molecule has 1 aliphatic rings. The summed E-state index contributed by atoms with van der Waals surface area (Å²) in [5.74, 6) is 0.560. The van der Waals surface area contributed by atoms with E-state index in [1.165, 1.54) is 40.0 Å². The summed E-state index contributed by atoms with van der Waals surface area (Å²) in [6.07, 6.45) is 9.27. The number of nitrogens with one attached hydrogen (secondary N) is 3. The van der Waals surface area contributed by atoms with Crippen molar-refractivity contribution in [1.82, 2.24) is 25.1 Å². The van der Waals surface area contributed by atoms with Crippen LogP contribution in [0.2, 0.25) is 0 Å². The van der Waals surface area contributed by atoms with Crippen LogP contribution in [-0.2, 0) is 0 Å². The summed E-state index contributed by atoms with van der Waals surface area (Å²) in [5, 5.41) is 13.3. The van der Waals surface area contributed by atoms with E-state index < -0.39 is 0 Å². The second-order valence-electron chi connectivity index (χ2n) is 10.3. The van der Waals surface area contributed by atoms with Crippen LogP contribution >= 0.6 is 11.3 Å². The molecular formula is C32H28N6S. The summed E-state index contributed by atoms with van der Waals surface area (Å²) in [5.41, 5.74) is 9.93. The van der Waals surface area contributed by atoms with Crippen LogP contribution in [0, 0.1) is 5.92 Å². The lowest BCUT2D eigenvalue weighted by atomic mass is 9.83. The van der Waals surface area contributed by atoms with Crippen LogP contribution < -0.4 is 5.32 Å². The highest BCUT2D eigenvalue weighted by atomic mass is 32.1. The molecule has 1 fully saturated rings. The van der Waals surface area contributed by atoms with E-state index in [1.54, 1.807) is 11.3 Å². The molecule has 0 aliphatic heterocycles. The van der Waals surface area contributed by atoms with Crippen molar-refractivity contribution in [3.8, 4) is 33.0 Å². The van der Waals surface area contributed by atoms with E-state index in [-0.39, 0.29) is 0 Å². The average Bonchev–Trinajstić information content (AvgIpc) is 3.65. The molecular weight excluding hydrogens is 500 g/mol. The van der Waals surface area contributed by atoms with Crippen molar-refractivity contribution in [2.24, 2.45) is 5.92 Å². The van der Waals surface area contributed by atoms with Gasteiger partial charge in [-0.2, -0.15) is 5.10 Å². The molecule has 0 amide bonds. The van der Waals surface area contributed by atoms with Crippen molar-refractivity contribution in [2.75, 3.05) is 5.32 Å². The zero-order valence-corrected chi connectivity index (χ0v) is 22.5. The SMILES string of the molecule is C=C(C)c1ccc(-c2cccc3[nH]c(-c4[nH]nc5ncc(-c6cncc(NC(=C)C7CCC7)c6)cc45)cc23)s1. The molecule has 1 saturated carbocycles. The largest absolute Gasteiger partial charge is 0.358 e. The molecule has 0 bridgehead atoms. The van der Waals surface area contributed by atoms with Crippen molar-refractivity contribution >= 4 is 44.5 Å². The van der Waals surface area contributed by atoms with Gasteiger partial charge in [0.25, 0.3) is 0 Å². The molecule has 192 valence electrons. The number of aromatic amines is 2. The third-order valence-corrected chi connectivity index (χ3v) is 8.89. The van der Waals surface area contributed by atoms with E-state index in [9.17, 15) is 0 Å². The standard InChI is InChI=1S/C32H28N6S/c1-18(2)29-10-11-30(39-29)24-8-5-9-27-25(24)14-28(36-27)31-26-13-22(16-34-32(26)38-37-31)21-12-23(17-33-15-21)35-19(3)20-6-4-7-20/h5,8-17,20,35-36H,1,3-4,6-7H2,2H3,(H,34,37,38). The maximum Gasteiger partial charge on any atom is 0.181 e. The highest BCUT2D eigenvalue weighted by Gasteiger charge is 2.21. The molecule has 6 aromatic rings. The first-order valence-electron chi connectivity index (χ1n) is 13.2. The topological polar surface area (TPSA) is 82.3 Å². The number of hydrogen-bond acceptors (Lipinski definition) is 5. The zero-order valence-electron chi connectivity index (χ0n) is 21.7. The smallest absolute Gasteiger partial charge is 0.181 e. The van der Waals surface area contributed by atoms with Crippen LogP contribution in [0.3, 0.4) is 0 Å². The average molecular weight is 529 g/mol. The Kier molecular flexibility index (Phi) is 5.67. The van der Waals surface area contributed by atoms with Gasteiger partial charge in [0.2, 0.25) is 0 Å². The molecule has 39 heavy (non-hydrogen) atoms. The number of thiophene rings is 1. The van der Waals surface area contributed by atoms with E-state index in [1.807, 2.05) is 25.5 Å². The van der Waals surface area contributed by atoms with Crippen molar-refractivity contribution in [3.05, 3.63) is 90.9 Å². The van der Waals surface area contributed by atoms with Crippen LogP contribution in [0.5, 0.6) is 0 Å². The van der Waals surface area contributed by atoms with Gasteiger partial charge < -0.3 is 10.3 Å². The van der Waals surface area contributed by atoms with E-state index in [0.29, 0.717) is 11.6 Å². The summed E-state index contributed by atoms with van der Waals surface area (Å²) >= 11 is 1.77. The van der Waals surface area contributed by atoms with Crippen molar-refractivity contribution < 1.29 is 0 Å². The molecule has 5 heterocycles. The van der Waals surface area contributed by atoms with Crippen LogP contribution in [0.1, 0.15) is 31.1 Å². The first-order valence-corrected chi connectivity index (χ1v) is 14.0. The second kappa shape index (κ2) is 9.36. The fourth-order valence-corrected chi connectivity index (χ4v) is 6.16. The minimum absolute atomic E-state index is 0.560. The summed E-state index contributed by atoms with van der Waals surface area (Å²) in [4.78, 5) is 15.2. The predicted octanol–water partition coefficient (Wildman–Crippen LogP) is 8.66. The van der Waals surface area contributed by atoms with E-state index >= 15 is 0 Å². The molecule has 0 spiro atoms. The van der Waals surface area contributed by atoms with Crippen LogP contribution in [0.25, 0.3) is 60.5 Å². The third kappa shape index (κ3) is 4.25. The van der Waals surface area contributed by atoms with Crippen molar-refractivity contribution in [3.63, 3.8) is 0 Å². The number of anilines is 1. The normalized spacial score (nSPS) is 13.6. The van der Waals surface area contributed by atoms with Crippen molar-refractivity contribution in [1.29, 1.82) is 0 Å². The number of pyridine rings is 2. The first-order chi connectivity index (χ1) is 19.0. The van der Waals surface area contributed by atoms with Crippen molar-refractivity contribution in [2.45, 2.75) is 26.2 Å². The molecule has 1 aromatic carbocycles. The summed E-state index contributed by atoms with van der Waals surface area (Å²) < 4.78 is 0. The fraction of sp³-hybridized carbons (Fsp3) is 0.156. The molecule has 7 rings (SSSR count). The molecule has 7 heteroatoms. The number of H-pyrrole nitrogens is 2. The molecule has 1 aliphatic carbocycles. The van der Waals surface area contributed by atoms with Gasteiger partial charge >= 0.3 is 0 Å². The Morgan fingerprint density at radius 3 is 2.67 bits per heavy atom. The summed E-state index contributed by atoms with van der Waals surface area (Å²) in [7, 11) is 0. The van der Waals surface area contributed by atoms with Crippen LogP contribution in [-0.4, -0.2) is 25.1 Å². The number of nitrogens with zero attached hydrogens (tertiary/aromatic N) is 3. The zero-order chi connectivity index (χ0) is 26.5. The number of aromatic nitrogens is 5. The number of fused-ring (bicyclic) bond motifs is 2. The van der Waals surface area contributed by atoms with Gasteiger partial charge in [0.05, 0.1) is 23.3 Å². The van der Waals surface area contributed by atoms with Gasteiger partial charge in [-0.3, -0.25) is 10.1 Å². The summed E-state index contributed by atoms with van der Waals surface area (Å²) in [6.45, 7) is 10.4.